The highest BCUT2D eigenvalue weighted by molar-refractivity contribution is 7.81. The molecule has 2 N–H and O–H groups in total. The minimum atomic E-state index is -4.50. The zero-order chi connectivity index (χ0) is 17.1. The van der Waals surface area contributed by atoms with E-state index in [0.29, 0.717) is 11.8 Å². The highest BCUT2D eigenvalue weighted by Gasteiger charge is 2.51. The Morgan fingerprint density at radius 3 is 2.79 bits per heavy atom. The molecule has 0 amide bonds. The number of hydrogen-bond donors (Lipinski definition) is 2. The monoisotopic (exact) mass is 350 g/mol. The summed E-state index contributed by atoms with van der Waals surface area (Å²) < 4.78 is 35.2. The third kappa shape index (κ3) is 2.48. The number of rotatable bonds is 2. The Hall–Kier alpha value is -1.37. The van der Waals surface area contributed by atoms with Crippen LogP contribution in [0.1, 0.15) is 49.7 Å². The molecule has 0 bridgehead atoms. The van der Waals surface area contributed by atoms with Gasteiger partial charge in [-0.1, -0.05) is 24.6 Å². The molecule has 2 fully saturated rings. The van der Waals surface area contributed by atoms with Crippen LogP contribution in [-0.4, -0.2) is 24.2 Å². The summed E-state index contributed by atoms with van der Waals surface area (Å²) in [5, 5.41) is 10.4. The second kappa shape index (κ2) is 5.31. The van der Waals surface area contributed by atoms with E-state index in [0.717, 1.165) is 37.7 Å². The second-order valence-corrected chi connectivity index (χ2v) is 8.54. The summed E-state index contributed by atoms with van der Waals surface area (Å²) in [7, 11) is -4.50. The van der Waals surface area contributed by atoms with Gasteiger partial charge in [0.15, 0.2) is 0 Å². The molecule has 2 saturated carbocycles. The van der Waals surface area contributed by atoms with Crippen molar-refractivity contribution in [2.45, 2.75) is 51.0 Å². The fourth-order valence-corrected chi connectivity index (χ4v) is 5.44. The molecule has 4 atom stereocenters. The molecule has 0 heterocycles. The van der Waals surface area contributed by atoms with E-state index < -0.39 is 10.4 Å². The van der Waals surface area contributed by atoms with Gasteiger partial charge in [-0.3, -0.25) is 4.55 Å². The molecule has 1 aromatic carbocycles. The predicted molar refractivity (Wildman–Crippen MR) is 89.2 cm³/mol. The van der Waals surface area contributed by atoms with Gasteiger partial charge in [-0.15, -0.1) is 0 Å². The average molecular weight is 350 g/mol. The van der Waals surface area contributed by atoms with Crippen molar-refractivity contribution in [1.29, 1.82) is 0 Å². The molecule has 1 aromatic rings. The highest BCUT2D eigenvalue weighted by atomic mass is 32.3. The van der Waals surface area contributed by atoms with Crippen molar-refractivity contribution in [3.05, 3.63) is 41.0 Å². The largest absolute Gasteiger partial charge is 0.446 e. The molecule has 5 nitrogen and oxygen atoms in total. The second-order valence-electron chi connectivity index (χ2n) is 7.52. The lowest BCUT2D eigenvalue weighted by Crippen LogP contribution is -2.39. The lowest BCUT2D eigenvalue weighted by molar-refractivity contribution is 0.0267. The van der Waals surface area contributed by atoms with E-state index in [4.69, 9.17) is 4.55 Å². The van der Waals surface area contributed by atoms with Gasteiger partial charge in [0.2, 0.25) is 0 Å². The molecular formula is C18H22O5S. The number of allylic oxidation sites excluding steroid dienone is 2. The summed E-state index contributed by atoms with van der Waals surface area (Å²) in [6, 6.07) is 5.22. The lowest BCUT2D eigenvalue weighted by atomic mass is 9.59. The summed E-state index contributed by atoms with van der Waals surface area (Å²) in [4.78, 5) is 0. The predicted octanol–water partition coefficient (Wildman–Crippen LogP) is 3.01. The molecule has 4 rings (SSSR count). The quantitative estimate of drug-likeness (QED) is 0.633. The third-order valence-corrected chi connectivity index (χ3v) is 6.71. The van der Waals surface area contributed by atoms with Crippen LogP contribution in [0.5, 0.6) is 5.75 Å². The Labute approximate surface area is 142 Å². The highest BCUT2D eigenvalue weighted by Crippen LogP contribution is 2.59. The van der Waals surface area contributed by atoms with Crippen LogP contribution in [0, 0.1) is 11.3 Å². The lowest BCUT2D eigenvalue weighted by Gasteiger charge is -2.46. The molecule has 3 aliphatic carbocycles. The van der Waals surface area contributed by atoms with Gasteiger partial charge in [-0.05, 0) is 61.3 Å². The molecule has 0 radical (unpaired) electrons. The fraction of sp³-hybridized carbons (Fsp3) is 0.556. The number of aliphatic hydroxyl groups excluding tert-OH is 1. The van der Waals surface area contributed by atoms with Gasteiger partial charge in [0.1, 0.15) is 5.75 Å². The maximum Gasteiger partial charge on any atom is 0.446 e. The number of hydrogen-bond acceptors (Lipinski definition) is 4. The summed E-state index contributed by atoms with van der Waals surface area (Å²) >= 11 is 0. The molecule has 24 heavy (non-hydrogen) atoms. The zero-order valence-electron chi connectivity index (χ0n) is 13.6. The van der Waals surface area contributed by atoms with Gasteiger partial charge >= 0.3 is 10.4 Å². The van der Waals surface area contributed by atoms with Gasteiger partial charge in [0.25, 0.3) is 0 Å². The van der Waals surface area contributed by atoms with Gasteiger partial charge < -0.3 is 9.29 Å². The number of aliphatic hydroxyl groups is 1. The van der Waals surface area contributed by atoms with E-state index in [-0.39, 0.29) is 17.3 Å². The Kier molecular flexibility index (Phi) is 3.57. The van der Waals surface area contributed by atoms with E-state index >= 15 is 0 Å². The Morgan fingerprint density at radius 2 is 2.04 bits per heavy atom. The molecule has 6 heteroatoms. The minimum absolute atomic E-state index is 0.00610. The maximum atomic E-state index is 10.9. The Morgan fingerprint density at radius 1 is 1.25 bits per heavy atom. The smallest absolute Gasteiger partial charge is 0.393 e. The third-order valence-electron chi connectivity index (χ3n) is 6.31. The molecule has 0 saturated heterocycles. The van der Waals surface area contributed by atoms with Crippen LogP contribution in [0.15, 0.2) is 29.8 Å². The fourth-order valence-electron chi connectivity index (χ4n) is 5.09. The van der Waals surface area contributed by atoms with E-state index in [2.05, 4.69) is 17.2 Å². The van der Waals surface area contributed by atoms with Crippen molar-refractivity contribution in [3.8, 4) is 5.75 Å². The van der Waals surface area contributed by atoms with Crippen LogP contribution in [0.3, 0.4) is 0 Å². The van der Waals surface area contributed by atoms with Crippen molar-refractivity contribution in [3.63, 3.8) is 0 Å². The first-order valence-electron chi connectivity index (χ1n) is 8.46. The maximum absolute atomic E-state index is 10.9. The number of benzene rings is 1. The van der Waals surface area contributed by atoms with Crippen molar-refractivity contribution < 1.29 is 22.3 Å². The van der Waals surface area contributed by atoms with Crippen LogP contribution in [-0.2, 0) is 16.8 Å². The van der Waals surface area contributed by atoms with Crippen LogP contribution in [0.2, 0.25) is 0 Å². The first-order chi connectivity index (χ1) is 11.3. The van der Waals surface area contributed by atoms with Crippen LogP contribution in [0.25, 0.3) is 0 Å². The van der Waals surface area contributed by atoms with Gasteiger partial charge in [-0.2, -0.15) is 8.42 Å². The van der Waals surface area contributed by atoms with Gasteiger partial charge in [0.05, 0.1) is 6.10 Å². The molecule has 0 aliphatic heterocycles. The standard InChI is InChI=1S/C18H22O5S/c1-18-9-8-14-13-5-3-12(23-24(20,21)22)10-11(13)2-4-15(14)16(18)6-7-17(18)19/h3-5,10,14,16-17,19H,2,6-9H2,1H3,(H,20,21,22)/t14?,16?,17-,18?/m1/s1. The first-order valence-corrected chi connectivity index (χ1v) is 9.82. The molecule has 3 aliphatic rings. The first kappa shape index (κ1) is 16.1. The molecule has 0 aromatic heterocycles. The van der Waals surface area contributed by atoms with Gasteiger partial charge in [-0.25, -0.2) is 0 Å². The van der Waals surface area contributed by atoms with E-state index in [1.807, 2.05) is 6.07 Å². The van der Waals surface area contributed by atoms with E-state index in [9.17, 15) is 13.5 Å². The van der Waals surface area contributed by atoms with Gasteiger partial charge in [0, 0.05) is 11.3 Å². The van der Waals surface area contributed by atoms with Crippen molar-refractivity contribution in [2.24, 2.45) is 11.3 Å². The van der Waals surface area contributed by atoms with E-state index in [1.54, 1.807) is 12.1 Å². The summed E-state index contributed by atoms with van der Waals surface area (Å²) in [6.07, 6.45) is 6.69. The van der Waals surface area contributed by atoms with Crippen molar-refractivity contribution >= 4 is 10.4 Å². The SMILES string of the molecule is CC12CCC3C(=CCc4cc(OS(=O)(=O)O)ccc43)C1CC[C@H]2O. The average Bonchev–Trinajstić information content (AvgIpc) is 2.81. The van der Waals surface area contributed by atoms with Crippen LogP contribution >= 0.6 is 0 Å². The van der Waals surface area contributed by atoms with E-state index in [1.165, 1.54) is 11.1 Å². The summed E-state index contributed by atoms with van der Waals surface area (Å²) in [5.41, 5.74) is 3.70. The minimum Gasteiger partial charge on any atom is -0.393 e. The van der Waals surface area contributed by atoms with Crippen LogP contribution < -0.4 is 4.18 Å². The van der Waals surface area contributed by atoms with Crippen LogP contribution in [0.4, 0.5) is 0 Å². The zero-order valence-corrected chi connectivity index (χ0v) is 14.4. The molecule has 3 unspecified atom stereocenters. The van der Waals surface area contributed by atoms with Crippen molar-refractivity contribution in [1.82, 2.24) is 0 Å². The van der Waals surface area contributed by atoms with Crippen molar-refractivity contribution in [2.75, 3.05) is 0 Å². The normalized spacial score (nSPS) is 34.8. The number of fused-ring (bicyclic) bond motifs is 5. The molecule has 0 spiro atoms. The molecule has 130 valence electrons. The summed E-state index contributed by atoms with van der Waals surface area (Å²) in [5.74, 6) is 0.926. The Balaban J connectivity index is 1.67. The molecular weight excluding hydrogens is 328 g/mol. The Bertz CT molecular complexity index is 813. The summed E-state index contributed by atoms with van der Waals surface area (Å²) in [6.45, 7) is 2.21. The topological polar surface area (TPSA) is 83.8 Å².